The minimum Gasteiger partial charge on any atom is -0.326 e. The molecule has 2 N–H and O–H groups in total. The third-order valence-corrected chi connectivity index (χ3v) is 3.06. The highest BCUT2D eigenvalue weighted by Gasteiger charge is 2.01. The molecule has 60 valence electrons. The van der Waals surface area contributed by atoms with Gasteiger partial charge < -0.3 is 5.73 Å². The molecule has 0 heterocycles. The summed E-state index contributed by atoms with van der Waals surface area (Å²) in [6.45, 7) is 2.56. The van der Waals surface area contributed by atoms with Gasteiger partial charge >= 0.3 is 0 Å². The lowest BCUT2D eigenvalue weighted by Crippen LogP contribution is -1.98. The molecular formula is C8H9ClIN. The third-order valence-electron chi connectivity index (χ3n) is 1.55. The predicted octanol–water partition coefficient (Wildman–Crippen LogP) is 2.71. The highest BCUT2D eigenvalue weighted by molar-refractivity contribution is 14.1. The molecule has 0 unspecified atom stereocenters. The maximum Gasteiger partial charge on any atom is 0.0461 e. The molecule has 0 saturated heterocycles. The lowest BCUT2D eigenvalue weighted by molar-refractivity contribution is 1.06. The number of aryl methyl sites for hydroxylation is 1. The SMILES string of the molecule is Cc1cc(CN)c(Cl)cc1I. The second kappa shape index (κ2) is 3.74. The molecule has 3 heteroatoms. The summed E-state index contributed by atoms with van der Waals surface area (Å²) < 4.78 is 1.18. The maximum absolute atomic E-state index is 5.92. The Bertz CT molecular complexity index is 273. The number of hydrogen-bond acceptors (Lipinski definition) is 1. The Labute approximate surface area is 85.1 Å². The van der Waals surface area contributed by atoms with E-state index in [-0.39, 0.29) is 0 Å². The van der Waals surface area contributed by atoms with Gasteiger partial charge in [0.05, 0.1) is 0 Å². The number of rotatable bonds is 1. The molecule has 1 aromatic rings. The van der Waals surface area contributed by atoms with E-state index in [9.17, 15) is 0 Å². The van der Waals surface area contributed by atoms with Crippen molar-refractivity contribution in [3.63, 3.8) is 0 Å². The Morgan fingerprint density at radius 2 is 2.18 bits per heavy atom. The van der Waals surface area contributed by atoms with Gasteiger partial charge in [0.15, 0.2) is 0 Å². The largest absolute Gasteiger partial charge is 0.326 e. The highest BCUT2D eigenvalue weighted by atomic mass is 127. The van der Waals surface area contributed by atoms with Crippen LogP contribution >= 0.6 is 34.2 Å². The summed E-state index contributed by atoms with van der Waals surface area (Å²) in [6.07, 6.45) is 0. The summed E-state index contributed by atoms with van der Waals surface area (Å²) in [5.74, 6) is 0. The number of halogens is 2. The Balaban J connectivity index is 3.21. The van der Waals surface area contributed by atoms with Crippen LogP contribution < -0.4 is 5.73 Å². The first-order valence-corrected chi connectivity index (χ1v) is 4.75. The zero-order chi connectivity index (χ0) is 8.43. The quantitative estimate of drug-likeness (QED) is 0.787. The molecule has 1 aromatic carbocycles. The van der Waals surface area contributed by atoms with Crippen molar-refractivity contribution in [2.75, 3.05) is 0 Å². The monoisotopic (exact) mass is 281 g/mol. The van der Waals surface area contributed by atoms with E-state index in [0.29, 0.717) is 6.54 Å². The maximum atomic E-state index is 5.92. The van der Waals surface area contributed by atoms with E-state index in [1.807, 2.05) is 12.1 Å². The summed E-state index contributed by atoms with van der Waals surface area (Å²) in [6, 6.07) is 3.98. The second-order valence-corrected chi connectivity index (χ2v) is 3.97. The van der Waals surface area contributed by atoms with E-state index in [1.54, 1.807) is 0 Å². The van der Waals surface area contributed by atoms with E-state index < -0.39 is 0 Å². The number of nitrogens with two attached hydrogens (primary N) is 1. The smallest absolute Gasteiger partial charge is 0.0461 e. The summed E-state index contributed by atoms with van der Waals surface area (Å²) in [5, 5.41) is 0.766. The molecule has 0 saturated carbocycles. The van der Waals surface area contributed by atoms with Gasteiger partial charge in [0.2, 0.25) is 0 Å². The van der Waals surface area contributed by atoms with Gasteiger partial charge in [-0.2, -0.15) is 0 Å². The molecule has 11 heavy (non-hydrogen) atoms. The molecular weight excluding hydrogens is 272 g/mol. The minimum absolute atomic E-state index is 0.511. The van der Waals surface area contributed by atoms with E-state index in [4.69, 9.17) is 17.3 Å². The van der Waals surface area contributed by atoms with Crippen LogP contribution in [0.1, 0.15) is 11.1 Å². The summed E-state index contributed by atoms with van der Waals surface area (Å²) in [4.78, 5) is 0. The van der Waals surface area contributed by atoms with Crippen molar-refractivity contribution in [3.8, 4) is 0 Å². The minimum atomic E-state index is 0.511. The lowest BCUT2D eigenvalue weighted by atomic mass is 10.1. The molecule has 0 aliphatic heterocycles. The van der Waals surface area contributed by atoms with E-state index in [1.165, 1.54) is 9.13 Å². The van der Waals surface area contributed by atoms with Crippen LogP contribution in [0.15, 0.2) is 12.1 Å². The van der Waals surface area contributed by atoms with Gasteiger partial charge in [-0.25, -0.2) is 0 Å². The second-order valence-electron chi connectivity index (χ2n) is 2.40. The van der Waals surface area contributed by atoms with Gasteiger partial charge in [0.1, 0.15) is 0 Å². The van der Waals surface area contributed by atoms with Crippen molar-refractivity contribution in [2.24, 2.45) is 5.73 Å². The Morgan fingerprint density at radius 3 is 2.73 bits per heavy atom. The van der Waals surface area contributed by atoms with E-state index in [2.05, 4.69) is 29.5 Å². The van der Waals surface area contributed by atoms with Crippen molar-refractivity contribution >= 4 is 34.2 Å². The molecule has 0 aliphatic carbocycles. The molecule has 0 bridgehead atoms. The molecule has 0 atom stereocenters. The summed E-state index contributed by atoms with van der Waals surface area (Å²) >= 11 is 8.17. The average Bonchev–Trinajstić information content (AvgIpc) is 1.97. The van der Waals surface area contributed by atoms with Crippen molar-refractivity contribution in [1.29, 1.82) is 0 Å². The van der Waals surface area contributed by atoms with Crippen LogP contribution in [0.5, 0.6) is 0 Å². The van der Waals surface area contributed by atoms with Crippen molar-refractivity contribution in [1.82, 2.24) is 0 Å². The molecule has 0 spiro atoms. The highest BCUT2D eigenvalue weighted by Crippen LogP contribution is 2.21. The fourth-order valence-electron chi connectivity index (χ4n) is 0.873. The van der Waals surface area contributed by atoms with E-state index >= 15 is 0 Å². The van der Waals surface area contributed by atoms with E-state index in [0.717, 1.165) is 10.6 Å². The van der Waals surface area contributed by atoms with Gasteiger partial charge in [0, 0.05) is 15.1 Å². The van der Waals surface area contributed by atoms with Crippen LogP contribution in [-0.4, -0.2) is 0 Å². The molecule has 0 aliphatic rings. The van der Waals surface area contributed by atoms with Gasteiger partial charge in [-0.05, 0) is 46.7 Å². The van der Waals surface area contributed by atoms with Crippen LogP contribution in [-0.2, 0) is 6.54 Å². The fourth-order valence-corrected chi connectivity index (χ4v) is 1.77. The standard InChI is InChI=1S/C8H9ClIN/c1-5-2-6(4-11)7(9)3-8(5)10/h2-3H,4,11H2,1H3. The van der Waals surface area contributed by atoms with Gasteiger partial charge in [-0.1, -0.05) is 17.7 Å². The molecule has 0 radical (unpaired) electrons. The van der Waals surface area contributed by atoms with Crippen molar-refractivity contribution < 1.29 is 0 Å². The molecule has 0 aromatic heterocycles. The van der Waals surface area contributed by atoms with Crippen LogP contribution in [0.2, 0.25) is 5.02 Å². The lowest BCUT2D eigenvalue weighted by Gasteiger charge is -2.04. The average molecular weight is 282 g/mol. The third kappa shape index (κ3) is 2.07. The Hall–Kier alpha value is 0.200. The predicted molar refractivity (Wildman–Crippen MR) is 56.8 cm³/mol. The Kier molecular flexibility index (Phi) is 3.16. The first kappa shape index (κ1) is 9.29. The zero-order valence-corrected chi connectivity index (χ0v) is 9.11. The number of benzene rings is 1. The normalized spacial score (nSPS) is 10.2. The molecule has 1 nitrogen and oxygen atoms in total. The Morgan fingerprint density at radius 1 is 1.55 bits per heavy atom. The zero-order valence-electron chi connectivity index (χ0n) is 6.20. The topological polar surface area (TPSA) is 26.0 Å². The molecule has 0 amide bonds. The van der Waals surface area contributed by atoms with Crippen molar-refractivity contribution in [2.45, 2.75) is 13.5 Å². The molecule has 1 rings (SSSR count). The van der Waals surface area contributed by atoms with Crippen molar-refractivity contribution in [3.05, 3.63) is 31.9 Å². The van der Waals surface area contributed by atoms with Gasteiger partial charge in [-0.15, -0.1) is 0 Å². The van der Waals surface area contributed by atoms with Crippen LogP contribution in [0.4, 0.5) is 0 Å². The van der Waals surface area contributed by atoms with Gasteiger partial charge in [-0.3, -0.25) is 0 Å². The van der Waals surface area contributed by atoms with Crippen LogP contribution in [0, 0.1) is 10.5 Å². The first-order valence-electron chi connectivity index (χ1n) is 3.29. The molecule has 0 fully saturated rings. The summed E-state index contributed by atoms with van der Waals surface area (Å²) in [7, 11) is 0. The first-order chi connectivity index (χ1) is 5.15. The van der Waals surface area contributed by atoms with Crippen LogP contribution in [0.3, 0.4) is 0 Å². The number of hydrogen-bond donors (Lipinski definition) is 1. The van der Waals surface area contributed by atoms with Gasteiger partial charge in [0.25, 0.3) is 0 Å². The fraction of sp³-hybridized carbons (Fsp3) is 0.250. The van der Waals surface area contributed by atoms with Crippen LogP contribution in [0.25, 0.3) is 0 Å². The summed E-state index contributed by atoms with van der Waals surface area (Å²) in [5.41, 5.74) is 7.73.